The number of anilines is 1. The number of hydrogen-bond donors (Lipinski definition) is 0. The number of hydrogen-bond acceptors (Lipinski definition) is 7. The Morgan fingerprint density at radius 3 is 2.74 bits per heavy atom. The average molecular weight is 419 g/mol. The fraction of sp³-hybridized carbons (Fsp3) is 0.391. The van der Waals surface area contributed by atoms with E-state index in [4.69, 9.17) is 4.42 Å². The van der Waals surface area contributed by atoms with Crippen molar-refractivity contribution in [1.29, 1.82) is 0 Å². The van der Waals surface area contributed by atoms with Crippen LogP contribution in [-0.2, 0) is 0 Å². The Labute approximate surface area is 180 Å². The molecule has 0 amide bonds. The minimum absolute atomic E-state index is 0.356. The van der Waals surface area contributed by atoms with Crippen molar-refractivity contribution in [2.75, 3.05) is 31.1 Å². The Morgan fingerprint density at radius 2 is 1.97 bits per heavy atom. The first-order chi connectivity index (χ1) is 14.9. The van der Waals surface area contributed by atoms with Crippen LogP contribution in [0.1, 0.15) is 25.2 Å². The standard InChI is InChI=1S/C23H26N6O2/c1-5-27-8-9-28(12-15(27)3)20-7-6-17-10-18(23(30)31-22(17)26-20)19-13-29-11-14(2)24-16(4)21(29)25-19/h6-7,10-11,13,15H,5,8-9,12H2,1-4H3/t15-/m0/s1. The summed E-state index contributed by atoms with van der Waals surface area (Å²) < 4.78 is 7.53. The molecule has 31 heavy (non-hydrogen) atoms. The zero-order valence-corrected chi connectivity index (χ0v) is 18.3. The van der Waals surface area contributed by atoms with E-state index >= 15 is 0 Å². The number of fused-ring (bicyclic) bond motifs is 2. The number of rotatable bonds is 3. The van der Waals surface area contributed by atoms with Crippen molar-refractivity contribution in [3.8, 4) is 11.3 Å². The normalized spacial score (nSPS) is 17.7. The van der Waals surface area contributed by atoms with Crippen LogP contribution >= 0.6 is 0 Å². The molecule has 160 valence electrons. The van der Waals surface area contributed by atoms with E-state index in [0.717, 1.165) is 54.4 Å². The molecule has 0 aromatic carbocycles. The van der Waals surface area contributed by atoms with Gasteiger partial charge in [-0.15, -0.1) is 0 Å². The number of likely N-dealkylation sites (N-methyl/N-ethyl adjacent to an activating group) is 1. The van der Waals surface area contributed by atoms with Crippen LogP contribution in [0.4, 0.5) is 5.82 Å². The van der Waals surface area contributed by atoms with Crippen molar-refractivity contribution in [2.24, 2.45) is 0 Å². The molecule has 1 aliphatic heterocycles. The number of piperazine rings is 1. The molecule has 0 N–H and O–H groups in total. The first kappa shape index (κ1) is 19.7. The molecule has 0 saturated carbocycles. The monoisotopic (exact) mass is 418 g/mol. The molecule has 1 saturated heterocycles. The summed E-state index contributed by atoms with van der Waals surface area (Å²) >= 11 is 0. The van der Waals surface area contributed by atoms with Gasteiger partial charge in [-0.25, -0.2) is 9.78 Å². The third-order valence-corrected chi connectivity index (χ3v) is 6.08. The fourth-order valence-electron chi connectivity index (χ4n) is 4.45. The first-order valence-corrected chi connectivity index (χ1v) is 10.7. The van der Waals surface area contributed by atoms with Crippen LogP contribution in [0.3, 0.4) is 0 Å². The van der Waals surface area contributed by atoms with E-state index < -0.39 is 5.63 Å². The predicted molar refractivity (Wildman–Crippen MR) is 121 cm³/mol. The van der Waals surface area contributed by atoms with Gasteiger partial charge in [0.25, 0.3) is 0 Å². The maximum Gasteiger partial charge on any atom is 0.347 e. The predicted octanol–water partition coefficient (Wildman–Crippen LogP) is 3.04. The van der Waals surface area contributed by atoms with E-state index in [2.05, 4.69) is 38.6 Å². The molecule has 0 radical (unpaired) electrons. The summed E-state index contributed by atoms with van der Waals surface area (Å²) in [5.74, 6) is 0.843. The highest BCUT2D eigenvalue weighted by Gasteiger charge is 2.23. The third-order valence-electron chi connectivity index (χ3n) is 6.08. The highest BCUT2D eigenvalue weighted by atomic mass is 16.4. The Morgan fingerprint density at radius 1 is 1.13 bits per heavy atom. The van der Waals surface area contributed by atoms with Gasteiger partial charge in [-0.1, -0.05) is 6.92 Å². The molecule has 0 spiro atoms. The van der Waals surface area contributed by atoms with Gasteiger partial charge >= 0.3 is 5.63 Å². The maximum absolute atomic E-state index is 12.8. The summed E-state index contributed by atoms with van der Waals surface area (Å²) in [5.41, 5.74) is 3.36. The van der Waals surface area contributed by atoms with Crippen LogP contribution in [0.2, 0.25) is 0 Å². The van der Waals surface area contributed by atoms with Gasteiger partial charge in [-0.3, -0.25) is 9.88 Å². The molecule has 5 rings (SSSR count). The fourth-order valence-corrected chi connectivity index (χ4v) is 4.45. The summed E-state index contributed by atoms with van der Waals surface area (Å²) in [7, 11) is 0. The number of pyridine rings is 1. The lowest BCUT2D eigenvalue weighted by atomic mass is 10.1. The Kier molecular flexibility index (Phi) is 4.74. The highest BCUT2D eigenvalue weighted by Crippen LogP contribution is 2.24. The number of imidazole rings is 1. The van der Waals surface area contributed by atoms with Crippen molar-refractivity contribution in [3.05, 3.63) is 52.4 Å². The molecule has 1 atom stereocenters. The number of aromatic nitrogens is 4. The Bertz CT molecular complexity index is 1340. The lowest BCUT2D eigenvalue weighted by molar-refractivity contribution is 0.199. The van der Waals surface area contributed by atoms with E-state index in [-0.39, 0.29) is 0 Å². The van der Waals surface area contributed by atoms with Crippen LogP contribution in [0.25, 0.3) is 28.0 Å². The molecule has 4 aromatic rings. The minimum Gasteiger partial charge on any atom is -0.403 e. The van der Waals surface area contributed by atoms with Crippen molar-refractivity contribution >= 4 is 22.6 Å². The van der Waals surface area contributed by atoms with E-state index in [9.17, 15) is 4.79 Å². The van der Waals surface area contributed by atoms with Gasteiger partial charge in [0.15, 0.2) is 5.65 Å². The molecule has 0 unspecified atom stereocenters. The van der Waals surface area contributed by atoms with Gasteiger partial charge in [0.2, 0.25) is 5.71 Å². The van der Waals surface area contributed by atoms with Crippen LogP contribution in [-0.4, -0.2) is 56.5 Å². The van der Waals surface area contributed by atoms with Gasteiger partial charge in [-0.05, 0) is 45.5 Å². The van der Waals surface area contributed by atoms with E-state index in [0.29, 0.717) is 23.0 Å². The summed E-state index contributed by atoms with van der Waals surface area (Å²) in [6.45, 7) is 12.1. The van der Waals surface area contributed by atoms with Gasteiger partial charge in [-0.2, -0.15) is 4.98 Å². The van der Waals surface area contributed by atoms with Crippen LogP contribution in [0.15, 0.2) is 39.8 Å². The van der Waals surface area contributed by atoms with E-state index in [1.165, 1.54) is 0 Å². The van der Waals surface area contributed by atoms with E-state index in [1.807, 2.05) is 48.8 Å². The van der Waals surface area contributed by atoms with Gasteiger partial charge in [0.05, 0.1) is 22.6 Å². The molecular weight excluding hydrogens is 392 g/mol. The van der Waals surface area contributed by atoms with Crippen molar-refractivity contribution in [3.63, 3.8) is 0 Å². The van der Waals surface area contributed by atoms with E-state index in [1.54, 1.807) is 0 Å². The summed E-state index contributed by atoms with van der Waals surface area (Å²) in [5, 5.41) is 0.779. The van der Waals surface area contributed by atoms with Gasteiger partial charge in [0.1, 0.15) is 5.82 Å². The topological polar surface area (TPSA) is 79.8 Å². The smallest absolute Gasteiger partial charge is 0.347 e. The molecule has 4 aromatic heterocycles. The minimum atomic E-state index is -0.438. The summed E-state index contributed by atoms with van der Waals surface area (Å²) in [6, 6.07) is 6.24. The maximum atomic E-state index is 12.8. The number of aryl methyl sites for hydroxylation is 2. The molecule has 0 bridgehead atoms. The highest BCUT2D eigenvalue weighted by molar-refractivity contribution is 5.80. The quantitative estimate of drug-likeness (QED) is 0.506. The largest absolute Gasteiger partial charge is 0.403 e. The van der Waals surface area contributed by atoms with Gasteiger partial charge in [0, 0.05) is 43.5 Å². The lowest BCUT2D eigenvalue weighted by Gasteiger charge is -2.39. The molecular formula is C23H26N6O2. The average Bonchev–Trinajstić information content (AvgIpc) is 3.17. The second kappa shape index (κ2) is 7.46. The molecule has 8 nitrogen and oxygen atoms in total. The van der Waals surface area contributed by atoms with Crippen LogP contribution in [0, 0.1) is 13.8 Å². The Hall–Kier alpha value is -3.26. The second-order valence-corrected chi connectivity index (χ2v) is 8.26. The Balaban J connectivity index is 1.51. The summed E-state index contributed by atoms with van der Waals surface area (Å²) in [6.07, 6.45) is 3.74. The van der Waals surface area contributed by atoms with Crippen molar-refractivity contribution < 1.29 is 4.42 Å². The molecule has 5 heterocycles. The second-order valence-electron chi connectivity index (χ2n) is 8.26. The molecule has 1 fully saturated rings. The molecule has 8 heteroatoms. The number of nitrogens with zero attached hydrogens (tertiary/aromatic N) is 6. The SMILES string of the molecule is CCN1CCN(c2ccc3cc(-c4cn5cc(C)nc(C)c5n4)c(=O)oc3n2)C[C@@H]1C. The third kappa shape index (κ3) is 3.46. The van der Waals surface area contributed by atoms with Crippen molar-refractivity contribution in [1.82, 2.24) is 24.3 Å². The summed E-state index contributed by atoms with van der Waals surface area (Å²) in [4.78, 5) is 31.2. The van der Waals surface area contributed by atoms with Crippen molar-refractivity contribution in [2.45, 2.75) is 33.7 Å². The zero-order valence-electron chi connectivity index (χ0n) is 18.3. The van der Waals surface area contributed by atoms with Crippen LogP contribution < -0.4 is 10.5 Å². The molecule has 1 aliphatic rings. The van der Waals surface area contributed by atoms with Gasteiger partial charge < -0.3 is 13.7 Å². The lowest BCUT2D eigenvalue weighted by Crippen LogP contribution is -2.51. The molecule has 0 aliphatic carbocycles. The van der Waals surface area contributed by atoms with Crippen LogP contribution in [0.5, 0.6) is 0 Å². The first-order valence-electron chi connectivity index (χ1n) is 10.7. The zero-order chi connectivity index (χ0) is 21.7.